The monoisotopic (exact) mass is 398 g/mol. The van der Waals surface area contributed by atoms with E-state index < -0.39 is 11.9 Å². The Bertz CT molecular complexity index is 839. The van der Waals surface area contributed by atoms with Crippen LogP contribution in [0.15, 0.2) is 48.5 Å². The van der Waals surface area contributed by atoms with E-state index in [9.17, 15) is 9.59 Å². The maximum atomic E-state index is 12.1. The lowest BCUT2D eigenvalue weighted by atomic mass is 10.1. The van der Waals surface area contributed by atoms with Crippen LogP contribution in [0.1, 0.15) is 26.1 Å². The summed E-state index contributed by atoms with van der Waals surface area (Å²) in [7, 11) is 0. The number of benzene rings is 2. The fraction of sp³-hybridized carbons (Fsp3) is 0.250. The van der Waals surface area contributed by atoms with Crippen molar-refractivity contribution in [2.24, 2.45) is 0 Å². The number of anilines is 1. The molecule has 1 saturated heterocycles. The lowest BCUT2D eigenvalue weighted by molar-refractivity contribution is -0.119. The highest BCUT2D eigenvalue weighted by molar-refractivity contribution is 8.19. The topological polar surface area (TPSA) is 79.2 Å². The largest absolute Gasteiger partial charge is 0.452 e. The van der Waals surface area contributed by atoms with Crippen LogP contribution < -0.4 is 5.32 Å². The average molecular weight is 399 g/mol. The number of nitrogens with one attached hydrogen (secondary N) is 1. The third-order valence-electron chi connectivity index (χ3n) is 3.90. The molecular formula is C20H18N2O3S2. The Morgan fingerprint density at radius 2 is 1.74 bits per heavy atom. The molecule has 0 spiro atoms. The van der Waals surface area contributed by atoms with Gasteiger partial charge in [0.05, 0.1) is 22.6 Å². The zero-order valence-corrected chi connectivity index (χ0v) is 16.1. The van der Waals surface area contributed by atoms with Crippen molar-refractivity contribution in [2.45, 2.75) is 11.0 Å². The standard InChI is InChI=1S/C20H18N2O3S2/c21-10-9-14-1-7-17(8-2-14)22-18(23)13-25-19(24)15-3-5-16(6-4-15)20-26-11-12-27-20/h1-8,20H,9,11-13H2,(H,22,23). The zero-order valence-electron chi connectivity index (χ0n) is 14.5. The molecule has 2 aromatic rings. The molecule has 1 aliphatic heterocycles. The number of nitrogens with zero attached hydrogens (tertiary/aromatic N) is 1. The predicted molar refractivity (Wildman–Crippen MR) is 109 cm³/mol. The molecular weight excluding hydrogens is 380 g/mol. The first-order valence-electron chi connectivity index (χ1n) is 8.42. The van der Waals surface area contributed by atoms with E-state index >= 15 is 0 Å². The second-order valence-electron chi connectivity index (χ2n) is 5.85. The molecule has 1 aliphatic rings. The summed E-state index contributed by atoms with van der Waals surface area (Å²) in [6.07, 6.45) is 0.322. The van der Waals surface area contributed by atoms with Crippen LogP contribution in [0.4, 0.5) is 5.69 Å². The second-order valence-corrected chi connectivity index (χ2v) is 8.58. The smallest absolute Gasteiger partial charge is 0.338 e. The molecule has 0 unspecified atom stereocenters. The highest BCUT2D eigenvalue weighted by Gasteiger charge is 2.18. The molecule has 1 amide bonds. The summed E-state index contributed by atoms with van der Waals surface area (Å²) in [4.78, 5) is 24.0. The van der Waals surface area contributed by atoms with Crippen molar-refractivity contribution >= 4 is 41.1 Å². The molecule has 7 heteroatoms. The predicted octanol–water partition coefficient (Wildman–Crippen LogP) is 4.03. The van der Waals surface area contributed by atoms with Gasteiger partial charge >= 0.3 is 5.97 Å². The van der Waals surface area contributed by atoms with Gasteiger partial charge in [0.2, 0.25) is 0 Å². The van der Waals surface area contributed by atoms with Crippen molar-refractivity contribution in [3.8, 4) is 6.07 Å². The number of carbonyl (C=O) groups is 2. The zero-order chi connectivity index (χ0) is 19.1. The second kappa shape index (κ2) is 9.49. The van der Waals surface area contributed by atoms with Crippen molar-refractivity contribution in [2.75, 3.05) is 23.4 Å². The van der Waals surface area contributed by atoms with E-state index in [1.807, 2.05) is 35.7 Å². The molecule has 0 radical (unpaired) electrons. The molecule has 0 atom stereocenters. The van der Waals surface area contributed by atoms with Gasteiger partial charge in [0.1, 0.15) is 0 Å². The lowest BCUT2D eigenvalue weighted by Gasteiger charge is -2.09. The van der Waals surface area contributed by atoms with Gasteiger partial charge in [-0.3, -0.25) is 4.79 Å². The first-order valence-corrected chi connectivity index (χ1v) is 10.5. The molecule has 27 heavy (non-hydrogen) atoms. The minimum atomic E-state index is -0.521. The first kappa shape index (κ1) is 19.3. The number of thioether (sulfide) groups is 2. The maximum Gasteiger partial charge on any atom is 0.338 e. The van der Waals surface area contributed by atoms with E-state index in [2.05, 4.69) is 11.4 Å². The lowest BCUT2D eigenvalue weighted by Crippen LogP contribution is -2.20. The van der Waals surface area contributed by atoms with Crippen molar-refractivity contribution in [3.05, 3.63) is 65.2 Å². The summed E-state index contributed by atoms with van der Waals surface area (Å²) in [6, 6.07) is 16.4. The maximum absolute atomic E-state index is 12.1. The molecule has 1 N–H and O–H groups in total. The van der Waals surface area contributed by atoms with Crippen LogP contribution in [0, 0.1) is 11.3 Å². The molecule has 0 aliphatic carbocycles. The van der Waals surface area contributed by atoms with Crippen LogP contribution in [0.2, 0.25) is 0 Å². The molecule has 2 aromatic carbocycles. The molecule has 5 nitrogen and oxygen atoms in total. The summed E-state index contributed by atoms with van der Waals surface area (Å²) in [5.41, 5.74) is 3.09. The minimum absolute atomic E-state index is 0.322. The molecule has 0 bridgehead atoms. The summed E-state index contributed by atoms with van der Waals surface area (Å²) in [6.45, 7) is -0.352. The molecule has 1 heterocycles. The third-order valence-corrected chi connectivity index (χ3v) is 7.00. The number of rotatable bonds is 6. The van der Waals surface area contributed by atoms with Gasteiger partial charge < -0.3 is 10.1 Å². The van der Waals surface area contributed by atoms with Crippen LogP contribution >= 0.6 is 23.5 Å². The van der Waals surface area contributed by atoms with Crippen molar-refractivity contribution in [1.29, 1.82) is 5.26 Å². The fourth-order valence-electron chi connectivity index (χ4n) is 2.54. The van der Waals surface area contributed by atoms with Crippen LogP contribution in [-0.4, -0.2) is 30.0 Å². The van der Waals surface area contributed by atoms with Crippen molar-refractivity contribution < 1.29 is 14.3 Å². The summed E-state index contributed by atoms with van der Waals surface area (Å²) in [5, 5.41) is 11.3. The van der Waals surface area contributed by atoms with E-state index in [0.29, 0.717) is 22.3 Å². The number of carbonyl (C=O) groups excluding carboxylic acids is 2. The van der Waals surface area contributed by atoms with Gasteiger partial charge in [-0.2, -0.15) is 5.26 Å². The molecule has 3 rings (SSSR count). The first-order chi connectivity index (χ1) is 13.2. The average Bonchev–Trinajstić information content (AvgIpc) is 3.23. The van der Waals surface area contributed by atoms with Gasteiger partial charge in [-0.05, 0) is 35.4 Å². The third kappa shape index (κ3) is 5.52. The van der Waals surface area contributed by atoms with Crippen molar-refractivity contribution in [3.63, 3.8) is 0 Å². The Morgan fingerprint density at radius 1 is 1.07 bits per heavy atom. The Hall–Kier alpha value is -2.43. The quantitative estimate of drug-likeness (QED) is 0.740. The number of amides is 1. The van der Waals surface area contributed by atoms with Gasteiger partial charge in [0.25, 0.3) is 5.91 Å². The van der Waals surface area contributed by atoms with E-state index in [4.69, 9.17) is 10.00 Å². The summed E-state index contributed by atoms with van der Waals surface area (Å²) >= 11 is 3.81. The molecule has 0 aromatic heterocycles. The number of esters is 1. The van der Waals surface area contributed by atoms with E-state index in [-0.39, 0.29) is 6.61 Å². The number of nitriles is 1. The van der Waals surface area contributed by atoms with E-state index in [1.165, 1.54) is 5.56 Å². The Labute approximate surface area is 166 Å². The van der Waals surface area contributed by atoms with Crippen LogP contribution in [0.3, 0.4) is 0 Å². The number of ether oxygens (including phenoxy) is 1. The van der Waals surface area contributed by atoms with Crippen LogP contribution in [0.25, 0.3) is 0 Å². The Morgan fingerprint density at radius 3 is 2.37 bits per heavy atom. The van der Waals surface area contributed by atoms with Gasteiger partial charge in [-0.15, -0.1) is 23.5 Å². The van der Waals surface area contributed by atoms with Gasteiger partial charge in [-0.25, -0.2) is 4.79 Å². The number of hydrogen-bond donors (Lipinski definition) is 1. The fourth-order valence-corrected chi connectivity index (χ4v) is 5.40. The molecule has 138 valence electrons. The Kier molecular flexibility index (Phi) is 6.80. The summed E-state index contributed by atoms with van der Waals surface area (Å²) < 4.78 is 5.52. The van der Waals surface area contributed by atoms with Gasteiger partial charge in [0, 0.05) is 17.2 Å². The minimum Gasteiger partial charge on any atom is -0.452 e. The SMILES string of the molecule is N#CCc1ccc(NC(=O)COC(=O)c2ccc(C3SCCS3)cc2)cc1. The van der Waals surface area contributed by atoms with E-state index in [1.54, 1.807) is 36.4 Å². The highest BCUT2D eigenvalue weighted by atomic mass is 32.2. The molecule has 0 saturated carbocycles. The van der Waals surface area contributed by atoms with E-state index in [0.717, 1.165) is 17.1 Å². The summed E-state index contributed by atoms with van der Waals surface area (Å²) in [5.74, 6) is 1.37. The Balaban J connectivity index is 1.48. The normalized spacial score (nSPS) is 13.7. The van der Waals surface area contributed by atoms with Gasteiger partial charge in [-0.1, -0.05) is 24.3 Å². The van der Waals surface area contributed by atoms with Crippen molar-refractivity contribution in [1.82, 2.24) is 0 Å². The molecule has 1 fully saturated rings. The van der Waals surface area contributed by atoms with Crippen LogP contribution in [0.5, 0.6) is 0 Å². The van der Waals surface area contributed by atoms with Crippen LogP contribution in [-0.2, 0) is 16.0 Å². The number of hydrogen-bond acceptors (Lipinski definition) is 6. The van der Waals surface area contributed by atoms with Gasteiger partial charge in [0.15, 0.2) is 6.61 Å². The highest BCUT2D eigenvalue weighted by Crippen LogP contribution is 2.45.